The third-order valence-electron chi connectivity index (χ3n) is 3.90. The highest BCUT2D eigenvalue weighted by Gasteiger charge is 2.27. The summed E-state index contributed by atoms with van der Waals surface area (Å²) in [7, 11) is 1.71. The van der Waals surface area contributed by atoms with Crippen molar-refractivity contribution in [2.75, 3.05) is 18.9 Å². The highest BCUT2D eigenvalue weighted by molar-refractivity contribution is 5.95. The molecule has 0 aliphatic carbocycles. The Hall–Kier alpha value is -2.73. The van der Waals surface area contributed by atoms with Gasteiger partial charge in [-0.2, -0.15) is 0 Å². The molecule has 0 bridgehead atoms. The molecule has 0 fully saturated rings. The first kappa shape index (κ1) is 18.6. The Labute approximate surface area is 146 Å². The quantitative estimate of drug-likeness (QED) is 0.809. The number of halogens is 1. The molecular formula is C19H21FN2O3. The van der Waals surface area contributed by atoms with Crippen molar-refractivity contribution in [2.24, 2.45) is 5.92 Å². The van der Waals surface area contributed by atoms with Crippen molar-refractivity contribution in [2.45, 2.75) is 13.0 Å². The fourth-order valence-electron chi connectivity index (χ4n) is 2.60. The van der Waals surface area contributed by atoms with Crippen LogP contribution in [0.4, 0.5) is 10.1 Å². The Morgan fingerprint density at radius 2 is 1.72 bits per heavy atom. The molecule has 1 amide bonds. The topological polar surface area (TPSA) is 69.6 Å². The van der Waals surface area contributed by atoms with Crippen molar-refractivity contribution < 1.29 is 19.1 Å². The van der Waals surface area contributed by atoms with Crippen LogP contribution >= 0.6 is 0 Å². The second kappa shape index (κ2) is 8.39. The van der Waals surface area contributed by atoms with E-state index in [2.05, 4.69) is 5.32 Å². The smallest absolute Gasteiger partial charge is 0.307 e. The molecule has 0 spiro atoms. The maximum atomic E-state index is 13.0. The van der Waals surface area contributed by atoms with Gasteiger partial charge in [-0.25, -0.2) is 4.39 Å². The summed E-state index contributed by atoms with van der Waals surface area (Å²) in [5.74, 6) is -2.23. The Balaban J connectivity index is 2.23. The van der Waals surface area contributed by atoms with E-state index in [9.17, 15) is 14.0 Å². The minimum Gasteiger partial charge on any atom is -0.481 e. The Bertz CT molecular complexity index is 719. The lowest BCUT2D eigenvalue weighted by molar-refractivity contribution is -0.142. The number of hydrogen-bond donors (Lipinski definition) is 2. The van der Waals surface area contributed by atoms with Crippen molar-refractivity contribution in [3.63, 3.8) is 0 Å². The number of likely N-dealkylation sites (N-methyl/N-ethyl adjacent to an activating group) is 1. The molecule has 0 aromatic heterocycles. The van der Waals surface area contributed by atoms with Gasteiger partial charge in [0, 0.05) is 12.2 Å². The minimum absolute atomic E-state index is 0.214. The standard InChI is InChI=1S/C19H21FN2O3/c1-13(19(24)25)12-22(2)17(14-6-4-3-5-7-14)18(23)21-16-10-8-15(20)9-11-16/h3-11,13,17H,12H2,1-2H3,(H,21,23)(H,24,25). The molecular weight excluding hydrogens is 323 g/mol. The SMILES string of the molecule is CC(CN(C)C(C(=O)Nc1ccc(F)cc1)c1ccccc1)C(=O)O. The Morgan fingerprint density at radius 3 is 2.28 bits per heavy atom. The molecule has 0 heterocycles. The normalized spacial score (nSPS) is 13.3. The molecule has 0 saturated carbocycles. The molecule has 2 unspecified atom stereocenters. The van der Waals surface area contributed by atoms with E-state index < -0.39 is 17.9 Å². The van der Waals surface area contributed by atoms with Crippen molar-refractivity contribution in [1.29, 1.82) is 0 Å². The molecule has 2 aromatic carbocycles. The molecule has 6 heteroatoms. The molecule has 25 heavy (non-hydrogen) atoms. The van der Waals surface area contributed by atoms with Crippen LogP contribution in [0.5, 0.6) is 0 Å². The number of carboxylic acid groups (broad SMARTS) is 1. The number of carbonyl (C=O) groups excluding carboxylic acids is 1. The van der Waals surface area contributed by atoms with E-state index in [-0.39, 0.29) is 18.3 Å². The maximum absolute atomic E-state index is 13.0. The number of carboxylic acids is 1. The van der Waals surface area contributed by atoms with E-state index in [0.717, 1.165) is 5.56 Å². The van der Waals surface area contributed by atoms with Crippen LogP contribution in [0.25, 0.3) is 0 Å². The molecule has 2 aromatic rings. The van der Waals surface area contributed by atoms with Gasteiger partial charge in [0.15, 0.2) is 0 Å². The Kier molecular flexibility index (Phi) is 6.25. The summed E-state index contributed by atoms with van der Waals surface area (Å²) in [6.45, 7) is 1.81. The first-order valence-corrected chi connectivity index (χ1v) is 7.93. The molecule has 2 atom stereocenters. The lowest BCUT2D eigenvalue weighted by Crippen LogP contribution is -2.38. The van der Waals surface area contributed by atoms with Crippen LogP contribution in [0, 0.1) is 11.7 Å². The molecule has 0 saturated heterocycles. The summed E-state index contributed by atoms with van der Waals surface area (Å²) in [5.41, 5.74) is 1.23. The van der Waals surface area contributed by atoms with Gasteiger partial charge in [-0.15, -0.1) is 0 Å². The van der Waals surface area contributed by atoms with Gasteiger partial charge in [0.1, 0.15) is 11.9 Å². The van der Waals surface area contributed by atoms with Crippen LogP contribution in [0.1, 0.15) is 18.5 Å². The average Bonchev–Trinajstić information content (AvgIpc) is 2.58. The summed E-state index contributed by atoms with van der Waals surface area (Å²) in [6.07, 6.45) is 0. The number of benzene rings is 2. The van der Waals surface area contributed by atoms with Crippen molar-refractivity contribution in [3.8, 4) is 0 Å². The van der Waals surface area contributed by atoms with E-state index >= 15 is 0 Å². The largest absolute Gasteiger partial charge is 0.481 e. The zero-order valence-corrected chi connectivity index (χ0v) is 14.1. The molecule has 5 nitrogen and oxygen atoms in total. The maximum Gasteiger partial charge on any atom is 0.307 e. The number of rotatable bonds is 7. The number of hydrogen-bond acceptors (Lipinski definition) is 3. The summed E-state index contributed by atoms with van der Waals surface area (Å²) < 4.78 is 13.0. The summed E-state index contributed by atoms with van der Waals surface area (Å²) in [6, 6.07) is 14.0. The summed E-state index contributed by atoms with van der Waals surface area (Å²) in [5, 5.41) is 11.9. The zero-order valence-electron chi connectivity index (χ0n) is 14.1. The lowest BCUT2D eigenvalue weighted by Gasteiger charge is -2.28. The molecule has 0 aliphatic rings. The zero-order chi connectivity index (χ0) is 18.4. The molecule has 2 rings (SSSR count). The van der Waals surface area contributed by atoms with Gasteiger partial charge in [0.25, 0.3) is 0 Å². The van der Waals surface area contributed by atoms with Crippen LogP contribution in [0.15, 0.2) is 54.6 Å². The minimum atomic E-state index is -0.919. The van der Waals surface area contributed by atoms with Gasteiger partial charge < -0.3 is 10.4 Å². The van der Waals surface area contributed by atoms with Crippen LogP contribution in [0.2, 0.25) is 0 Å². The fraction of sp³-hybridized carbons (Fsp3) is 0.263. The van der Waals surface area contributed by atoms with Crippen LogP contribution in [0.3, 0.4) is 0 Å². The predicted octanol–water partition coefficient (Wildman–Crippen LogP) is 3.16. The third-order valence-corrected chi connectivity index (χ3v) is 3.90. The third kappa shape index (κ3) is 5.12. The van der Waals surface area contributed by atoms with Gasteiger partial charge in [-0.3, -0.25) is 14.5 Å². The lowest BCUT2D eigenvalue weighted by atomic mass is 10.0. The number of amides is 1. The van der Waals surface area contributed by atoms with Crippen molar-refractivity contribution >= 4 is 17.6 Å². The van der Waals surface area contributed by atoms with Crippen molar-refractivity contribution in [1.82, 2.24) is 4.90 Å². The van der Waals surface area contributed by atoms with Crippen LogP contribution in [-0.2, 0) is 9.59 Å². The monoisotopic (exact) mass is 344 g/mol. The van der Waals surface area contributed by atoms with E-state index in [4.69, 9.17) is 5.11 Å². The first-order valence-electron chi connectivity index (χ1n) is 7.93. The second-order valence-corrected chi connectivity index (χ2v) is 5.99. The van der Waals surface area contributed by atoms with Gasteiger partial charge in [-0.05, 0) is 36.9 Å². The number of anilines is 1. The Morgan fingerprint density at radius 1 is 1.12 bits per heavy atom. The van der Waals surface area contributed by atoms with E-state index in [1.54, 1.807) is 18.9 Å². The average molecular weight is 344 g/mol. The highest BCUT2D eigenvalue weighted by Crippen LogP contribution is 2.23. The van der Waals surface area contributed by atoms with E-state index in [1.165, 1.54) is 24.3 Å². The first-order chi connectivity index (χ1) is 11.9. The predicted molar refractivity (Wildman–Crippen MR) is 93.6 cm³/mol. The number of carbonyl (C=O) groups is 2. The van der Waals surface area contributed by atoms with Gasteiger partial charge >= 0.3 is 5.97 Å². The van der Waals surface area contributed by atoms with Crippen LogP contribution in [-0.4, -0.2) is 35.5 Å². The fourth-order valence-corrected chi connectivity index (χ4v) is 2.60. The summed E-state index contributed by atoms with van der Waals surface area (Å²) >= 11 is 0. The van der Waals surface area contributed by atoms with E-state index in [1.807, 2.05) is 30.3 Å². The number of aliphatic carboxylic acids is 1. The summed E-state index contributed by atoms with van der Waals surface area (Å²) in [4.78, 5) is 25.6. The number of nitrogens with zero attached hydrogens (tertiary/aromatic N) is 1. The second-order valence-electron chi connectivity index (χ2n) is 5.99. The van der Waals surface area contributed by atoms with Gasteiger partial charge in [0.2, 0.25) is 5.91 Å². The van der Waals surface area contributed by atoms with Gasteiger partial charge in [-0.1, -0.05) is 37.3 Å². The van der Waals surface area contributed by atoms with E-state index in [0.29, 0.717) is 5.69 Å². The molecule has 132 valence electrons. The van der Waals surface area contributed by atoms with Crippen molar-refractivity contribution in [3.05, 3.63) is 66.0 Å². The van der Waals surface area contributed by atoms with Gasteiger partial charge in [0.05, 0.1) is 5.92 Å². The van der Waals surface area contributed by atoms with Crippen LogP contribution < -0.4 is 5.32 Å². The molecule has 0 aliphatic heterocycles. The molecule has 0 radical (unpaired) electrons. The number of nitrogens with one attached hydrogen (secondary N) is 1. The highest BCUT2D eigenvalue weighted by atomic mass is 19.1. The molecule has 2 N–H and O–H groups in total.